The van der Waals surface area contributed by atoms with Crippen molar-refractivity contribution in [1.29, 1.82) is 0 Å². The zero-order chi connectivity index (χ0) is 14.6. The molecule has 1 amide bonds. The second kappa shape index (κ2) is 8.19. The molecule has 6 heteroatoms. The number of halogens is 1. The van der Waals surface area contributed by atoms with E-state index in [1.165, 1.54) is 25.7 Å². The number of aliphatic imine (C=N–C) groups is 1. The molecule has 0 atom stereocenters. The first-order chi connectivity index (χ1) is 9.54. The number of carbonyl (C=O) groups is 1. The van der Waals surface area contributed by atoms with E-state index >= 15 is 0 Å². The summed E-state index contributed by atoms with van der Waals surface area (Å²) in [5.74, 6) is 1.05. The van der Waals surface area contributed by atoms with E-state index in [0.717, 1.165) is 19.0 Å². The van der Waals surface area contributed by atoms with E-state index in [9.17, 15) is 4.79 Å². The molecule has 1 aliphatic carbocycles. The molecule has 5 nitrogen and oxygen atoms in total. The lowest BCUT2D eigenvalue weighted by atomic mass is 9.68. The maximum atomic E-state index is 11.6. The van der Waals surface area contributed by atoms with Gasteiger partial charge in [-0.1, -0.05) is 6.42 Å². The number of likely N-dealkylation sites (tertiary alicyclic amines) is 1. The third-order valence-corrected chi connectivity index (χ3v) is 4.45. The second-order valence-corrected chi connectivity index (χ2v) is 6.47. The standard InChI is InChI=1S/C15H28N4O.HI/c1-12(2)18-13(20)5-9-17-14(16-3)19-10-8-15(11-19)6-4-7-15;/h12H,4-11H2,1-3H3,(H,16,17)(H,18,20);1H. The summed E-state index contributed by atoms with van der Waals surface area (Å²) < 4.78 is 0. The van der Waals surface area contributed by atoms with E-state index in [-0.39, 0.29) is 35.9 Å². The first-order valence-corrected chi connectivity index (χ1v) is 7.80. The van der Waals surface area contributed by atoms with Crippen molar-refractivity contribution in [2.45, 2.75) is 52.0 Å². The minimum Gasteiger partial charge on any atom is -0.356 e. The highest BCUT2D eigenvalue weighted by molar-refractivity contribution is 14.0. The van der Waals surface area contributed by atoms with Crippen molar-refractivity contribution in [3.05, 3.63) is 0 Å². The third-order valence-electron chi connectivity index (χ3n) is 4.45. The molecule has 0 bridgehead atoms. The van der Waals surface area contributed by atoms with Crippen LogP contribution >= 0.6 is 24.0 Å². The molecule has 0 aromatic heterocycles. The van der Waals surface area contributed by atoms with Crippen molar-refractivity contribution >= 4 is 35.8 Å². The summed E-state index contributed by atoms with van der Waals surface area (Å²) in [6.45, 7) is 6.83. The number of amides is 1. The molecular formula is C15H29IN4O. The monoisotopic (exact) mass is 408 g/mol. The van der Waals surface area contributed by atoms with Crippen LogP contribution in [0.25, 0.3) is 0 Å². The molecule has 21 heavy (non-hydrogen) atoms. The summed E-state index contributed by atoms with van der Waals surface area (Å²) in [5, 5.41) is 6.22. The van der Waals surface area contributed by atoms with Crippen molar-refractivity contribution in [3.8, 4) is 0 Å². The zero-order valence-corrected chi connectivity index (χ0v) is 15.8. The van der Waals surface area contributed by atoms with Gasteiger partial charge >= 0.3 is 0 Å². The number of nitrogens with one attached hydrogen (secondary N) is 2. The fourth-order valence-corrected chi connectivity index (χ4v) is 3.22. The lowest BCUT2D eigenvalue weighted by Gasteiger charge is -2.38. The summed E-state index contributed by atoms with van der Waals surface area (Å²) >= 11 is 0. The van der Waals surface area contributed by atoms with E-state index in [4.69, 9.17) is 0 Å². The fraction of sp³-hybridized carbons (Fsp3) is 0.867. The maximum absolute atomic E-state index is 11.6. The van der Waals surface area contributed by atoms with Gasteiger partial charge in [-0.15, -0.1) is 24.0 Å². The van der Waals surface area contributed by atoms with Gasteiger partial charge in [0.25, 0.3) is 0 Å². The molecular weight excluding hydrogens is 379 g/mol. The Labute approximate surface area is 145 Å². The average Bonchev–Trinajstić information content (AvgIpc) is 2.78. The highest BCUT2D eigenvalue weighted by atomic mass is 127. The third kappa shape index (κ3) is 5.00. The average molecular weight is 408 g/mol. The Morgan fingerprint density at radius 1 is 1.33 bits per heavy atom. The number of hydrogen-bond acceptors (Lipinski definition) is 2. The molecule has 1 spiro atoms. The van der Waals surface area contributed by atoms with Gasteiger partial charge in [0.1, 0.15) is 0 Å². The van der Waals surface area contributed by atoms with Crippen LogP contribution in [0.2, 0.25) is 0 Å². The first kappa shape index (κ1) is 18.5. The van der Waals surface area contributed by atoms with Gasteiger partial charge in [-0.3, -0.25) is 9.79 Å². The predicted octanol–water partition coefficient (Wildman–Crippen LogP) is 1.97. The first-order valence-electron chi connectivity index (χ1n) is 7.80. The minimum absolute atomic E-state index is 0. The van der Waals surface area contributed by atoms with E-state index in [0.29, 0.717) is 18.4 Å². The Kier molecular flexibility index (Phi) is 7.23. The largest absolute Gasteiger partial charge is 0.356 e. The SMILES string of the molecule is CN=C(NCCC(=O)NC(C)C)N1CCC2(CCC2)C1.I. The molecule has 0 radical (unpaired) electrons. The summed E-state index contributed by atoms with van der Waals surface area (Å²) in [5.41, 5.74) is 0.576. The molecule has 2 N–H and O–H groups in total. The Morgan fingerprint density at radius 3 is 2.52 bits per heavy atom. The van der Waals surface area contributed by atoms with Gasteiger partial charge in [0.05, 0.1) is 0 Å². The number of hydrogen-bond donors (Lipinski definition) is 2. The molecule has 1 saturated carbocycles. The highest BCUT2D eigenvalue weighted by Crippen LogP contribution is 2.47. The predicted molar refractivity (Wildman–Crippen MR) is 97.1 cm³/mol. The number of rotatable bonds is 4. The summed E-state index contributed by atoms with van der Waals surface area (Å²) in [6.07, 6.45) is 5.92. The molecule has 1 aliphatic heterocycles. The van der Waals surface area contributed by atoms with Crippen LogP contribution in [0.3, 0.4) is 0 Å². The Bertz CT molecular complexity index is 380. The lowest BCUT2D eigenvalue weighted by molar-refractivity contribution is -0.121. The Balaban J connectivity index is 0.00000220. The van der Waals surface area contributed by atoms with E-state index in [1.54, 1.807) is 0 Å². The fourth-order valence-electron chi connectivity index (χ4n) is 3.22. The van der Waals surface area contributed by atoms with Gasteiger partial charge in [0.15, 0.2) is 5.96 Å². The smallest absolute Gasteiger partial charge is 0.221 e. The van der Waals surface area contributed by atoms with Gasteiger partial charge in [-0.2, -0.15) is 0 Å². The topological polar surface area (TPSA) is 56.7 Å². The minimum atomic E-state index is 0. The van der Waals surface area contributed by atoms with Crippen LogP contribution in [0.4, 0.5) is 0 Å². The zero-order valence-electron chi connectivity index (χ0n) is 13.4. The molecule has 0 unspecified atom stereocenters. The van der Waals surface area contributed by atoms with Crippen molar-refractivity contribution in [3.63, 3.8) is 0 Å². The van der Waals surface area contributed by atoms with Gasteiger partial charge in [0, 0.05) is 39.1 Å². The van der Waals surface area contributed by atoms with Crippen LogP contribution in [-0.4, -0.2) is 49.5 Å². The van der Waals surface area contributed by atoms with Crippen molar-refractivity contribution < 1.29 is 4.79 Å². The van der Waals surface area contributed by atoms with E-state index < -0.39 is 0 Å². The number of nitrogens with zero attached hydrogens (tertiary/aromatic N) is 2. The van der Waals surface area contributed by atoms with Crippen LogP contribution in [0.1, 0.15) is 46.0 Å². The second-order valence-electron chi connectivity index (χ2n) is 6.47. The molecule has 1 heterocycles. The van der Waals surface area contributed by atoms with Gasteiger partial charge in [-0.05, 0) is 38.5 Å². The van der Waals surface area contributed by atoms with Crippen LogP contribution < -0.4 is 10.6 Å². The summed E-state index contributed by atoms with van der Waals surface area (Å²) in [4.78, 5) is 18.3. The number of carbonyl (C=O) groups excluding carboxylic acids is 1. The van der Waals surface area contributed by atoms with Crippen LogP contribution in [0.15, 0.2) is 4.99 Å². The number of guanidine groups is 1. The summed E-state index contributed by atoms with van der Waals surface area (Å²) in [7, 11) is 1.82. The molecule has 2 rings (SSSR count). The van der Waals surface area contributed by atoms with Crippen LogP contribution in [0.5, 0.6) is 0 Å². The summed E-state index contributed by atoms with van der Waals surface area (Å²) in [6, 6.07) is 0.207. The van der Waals surface area contributed by atoms with Crippen molar-refractivity contribution in [2.75, 3.05) is 26.7 Å². The quantitative estimate of drug-likeness (QED) is 0.425. The maximum Gasteiger partial charge on any atom is 0.221 e. The van der Waals surface area contributed by atoms with Gasteiger partial charge < -0.3 is 15.5 Å². The molecule has 0 aromatic rings. The Hall–Kier alpha value is -0.530. The highest BCUT2D eigenvalue weighted by Gasteiger charge is 2.43. The van der Waals surface area contributed by atoms with E-state index in [2.05, 4.69) is 20.5 Å². The van der Waals surface area contributed by atoms with Crippen molar-refractivity contribution in [2.24, 2.45) is 10.4 Å². The Morgan fingerprint density at radius 2 is 2.05 bits per heavy atom. The normalized spacial score (nSPS) is 20.2. The van der Waals surface area contributed by atoms with Crippen LogP contribution in [0, 0.1) is 5.41 Å². The van der Waals surface area contributed by atoms with Gasteiger partial charge in [0.2, 0.25) is 5.91 Å². The molecule has 0 aromatic carbocycles. The molecule has 122 valence electrons. The van der Waals surface area contributed by atoms with Gasteiger partial charge in [-0.25, -0.2) is 0 Å². The molecule has 1 saturated heterocycles. The lowest BCUT2D eigenvalue weighted by Crippen LogP contribution is -2.43. The van der Waals surface area contributed by atoms with Crippen molar-refractivity contribution in [1.82, 2.24) is 15.5 Å². The molecule has 2 aliphatic rings. The van der Waals surface area contributed by atoms with Crippen LogP contribution in [-0.2, 0) is 4.79 Å². The molecule has 2 fully saturated rings. The van der Waals surface area contributed by atoms with E-state index in [1.807, 2.05) is 20.9 Å².